The van der Waals surface area contributed by atoms with Crippen LogP contribution in [-0.4, -0.2) is 15.0 Å². The van der Waals surface area contributed by atoms with Crippen LogP contribution in [0.5, 0.6) is 0 Å². The Hall–Kier alpha value is -1.56. The van der Waals surface area contributed by atoms with E-state index in [9.17, 15) is 9.59 Å². The molecule has 6 heteroatoms. The molecule has 0 aliphatic carbocycles. The lowest BCUT2D eigenvalue weighted by Gasteiger charge is -1.98. The molecule has 1 heterocycles. The quantitative estimate of drug-likeness (QED) is 0.311. The molecular weight excluding hydrogens is 160 g/mol. The van der Waals surface area contributed by atoms with Gasteiger partial charge in [0.2, 0.25) is 0 Å². The number of hydrogen-bond donors (Lipinski definition) is 2. The number of carbonyl (C=O) groups excluding carboxylic acids is 1. The first-order valence-corrected chi connectivity index (χ1v) is 3.36. The summed E-state index contributed by atoms with van der Waals surface area (Å²) in [5.41, 5.74) is 1.70. The summed E-state index contributed by atoms with van der Waals surface area (Å²) in [6, 6.07) is 0. The normalized spacial score (nSPS) is 9.83. The minimum absolute atomic E-state index is 0.0455. The van der Waals surface area contributed by atoms with Gasteiger partial charge in [-0.15, -0.1) is 0 Å². The Bertz CT molecular complexity index is 338. The Morgan fingerprint density at radius 1 is 1.67 bits per heavy atom. The highest BCUT2D eigenvalue weighted by Crippen LogP contribution is 1.81. The van der Waals surface area contributed by atoms with Crippen LogP contribution in [0.25, 0.3) is 0 Å². The molecule has 3 N–H and O–H groups in total. The Morgan fingerprint density at radius 3 is 2.75 bits per heavy atom. The van der Waals surface area contributed by atoms with Crippen LogP contribution in [0.1, 0.15) is 0 Å². The summed E-state index contributed by atoms with van der Waals surface area (Å²) in [6.07, 6.45) is 3.10. The highest BCUT2D eigenvalue weighted by molar-refractivity contribution is 5.74. The van der Waals surface area contributed by atoms with Crippen LogP contribution in [-0.2, 0) is 18.4 Å². The zero-order valence-corrected chi connectivity index (χ0v) is 6.65. The lowest BCUT2D eigenvalue weighted by molar-refractivity contribution is -0.121. The van der Waals surface area contributed by atoms with Crippen LogP contribution in [0.2, 0.25) is 0 Å². The summed E-state index contributed by atoms with van der Waals surface area (Å²) in [4.78, 5) is 21.9. The van der Waals surface area contributed by atoms with Gasteiger partial charge in [0.15, 0.2) is 0 Å². The van der Waals surface area contributed by atoms with Crippen LogP contribution in [0.3, 0.4) is 0 Å². The van der Waals surface area contributed by atoms with Crippen molar-refractivity contribution in [3.63, 3.8) is 0 Å². The minimum Gasteiger partial charge on any atom is -0.302 e. The summed E-state index contributed by atoms with van der Waals surface area (Å²) in [5, 5.41) is 0. The van der Waals surface area contributed by atoms with Gasteiger partial charge < -0.3 is 4.57 Å². The number of nitrogens with zero attached hydrogens (tertiary/aromatic N) is 2. The number of imidazole rings is 1. The smallest absolute Gasteiger partial charge is 0.302 e. The summed E-state index contributed by atoms with van der Waals surface area (Å²) in [5.74, 6) is 4.46. The van der Waals surface area contributed by atoms with E-state index in [4.69, 9.17) is 5.84 Å². The highest BCUT2D eigenvalue weighted by Gasteiger charge is 2.03. The molecule has 0 radical (unpaired) electrons. The monoisotopic (exact) mass is 170 g/mol. The molecule has 0 unspecified atom stereocenters. The Kier molecular flexibility index (Phi) is 2.29. The molecule has 0 spiro atoms. The number of aryl methyl sites for hydroxylation is 1. The molecule has 0 aliphatic heterocycles. The molecule has 66 valence electrons. The summed E-state index contributed by atoms with van der Waals surface area (Å²) < 4.78 is 2.64. The zero-order valence-electron chi connectivity index (χ0n) is 6.65. The molecule has 0 fully saturated rings. The minimum atomic E-state index is -0.400. The molecule has 0 saturated heterocycles. The number of rotatable bonds is 2. The van der Waals surface area contributed by atoms with Crippen molar-refractivity contribution in [1.29, 1.82) is 0 Å². The number of carbonyl (C=O) groups is 1. The lowest BCUT2D eigenvalue weighted by atomic mass is 10.6. The fourth-order valence-corrected chi connectivity index (χ4v) is 0.831. The number of hydrogen-bond acceptors (Lipinski definition) is 3. The van der Waals surface area contributed by atoms with Crippen molar-refractivity contribution < 1.29 is 4.79 Å². The fourth-order valence-electron chi connectivity index (χ4n) is 0.831. The topological polar surface area (TPSA) is 82.1 Å². The van der Waals surface area contributed by atoms with Gasteiger partial charge >= 0.3 is 5.69 Å². The van der Waals surface area contributed by atoms with Crippen LogP contribution >= 0.6 is 0 Å². The SMILES string of the molecule is Cn1ccn(CC(=O)NN)c1=O. The third-order valence-corrected chi connectivity index (χ3v) is 1.49. The molecule has 0 aliphatic rings. The largest absolute Gasteiger partial charge is 0.328 e. The van der Waals surface area contributed by atoms with E-state index in [0.29, 0.717) is 0 Å². The lowest BCUT2D eigenvalue weighted by Crippen LogP contribution is -2.36. The molecule has 1 aromatic rings. The van der Waals surface area contributed by atoms with E-state index in [1.807, 2.05) is 5.43 Å². The van der Waals surface area contributed by atoms with E-state index in [0.717, 1.165) is 0 Å². The molecule has 0 saturated carbocycles. The van der Waals surface area contributed by atoms with Gasteiger partial charge in [-0.2, -0.15) is 0 Å². The molecular formula is C6H10N4O2. The summed E-state index contributed by atoms with van der Waals surface area (Å²) in [7, 11) is 1.61. The summed E-state index contributed by atoms with van der Waals surface area (Å²) >= 11 is 0. The number of hydrazine groups is 1. The molecule has 0 aromatic carbocycles. The second-order valence-electron chi connectivity index (χ2n) is 2.39. The molecule has 1 rings (SSSR count). The van der Waals surface area contributed by atoms with Gasteiger partial charge in [0.25, 0.3) is 5.91 Å². The first kappa shape index (κ1) is 8.54. The van der Waals surface area contributed by atoms with Crippen LogP contribution < -0.4 is 17.0 Å². The highest BCUT2D eigenvalue weighted by atomic mass is 16.2. The molecule has 0 bridgehead atoms. The maximum absolute atomic E-state index is 11.1. The maximum atomic E-state index is 11.1. The van der Waals surface area contributed by atoms with Crippen molar-refractivity contribution >= 4 is 5.91 Å². The zero-order chi connectivity index (χ0) is 9.14. The van der Waals surface area contributed by atoms with Crippen molar-refractivity contribution in [2.45, 2.75) is 6.54 Å². The van der Waals surface area contributed by atoms with E-state index in [-0.39, 0.29) is 12.2 Å². The molecule has 0 atom stereocenters. The van der Waals surface area contributed by atoms with Crippen LogP contribution in [0.4, 0.5) is 0 Å². The number of aromatic nitrogens is 2. The molecule has 1 amide bonds. The van der Waals surface area contributed by atoms with Gasteiger partial charge in [0.05, 0.1) is 0 Å². The van der Waals surface area contributed by atoms with E-state index in [2.05, 4.69) is 0 Å². The van der Waals surface area contributed by atoms with Crippen LogP contribution in [0.15, 0.2) is 17.2 Å². The molecule has 1 aromatic heterocycles. The van der Waals surface area contributed by atoms with Crippen molar-refractivity contribution in [3.05, 3.63) is 22.9 Å². The van der Waals surface area contributed by atoms with Crippen molar-refractivity contribution in [1.82, 2.24) is 14.6 Å². The van der Waals surface area contributed by atoms with Gasteiger partial charge in [-0.3, -0.25) is 14.8 Å². The molecule has 12 heavy (non-hydrogen) atoms. The summed E-state index contributed by atoms with van der Waals surface area (Å²) in [6.45, 7) is -0.0455. The van der Waals surface area contributed by atoms with E-state index < -0.39 is 5.91 Å². The maximum Gasteiger partial charge on any atom is 0.328 e. The first-order chi connectivity index (χ1) is 5.65. The second-order valence-corrected chi connectivity index (χ2v) is 2.39. The van der Waals surface area contributed by atoms with E-state index in [1.165, 1.54) is 15.3 Å². The van der Waals surface area contributed by atoms with E-state index in [1.54, 1.807) is 13.2 Å². The van der Waals surface area contributed by atoms with Gasteiger partial charge in [-0.25, -0.2) is 10.6 Å². The van der Waals surface area contributed by atoms with Gasteiger partial charge in [-0.05, 0) is 0 Å². The van der Waals surface area contributed by atoms with Crippen molar-refractivity contribution in [2.75, 3.05) is 0 Å². The predicted molar refractivity (Wildman–Crippen MR) is 42.0 cm³/mol. The Labute approximate surface area is 68.6 Å². The average Bonchev–Trinajstić information content (AvgIpc) is 2.36. The van der Waals surface area contributed by atoms with E-state index >= 15 is 0 Å². The average molecular weight is 170 g/mol. The van der Waals surface area contributed by atoms with Gasteiger partial charge in [0, 0.05) is 19.4 Å². The third kappa shape index (κ3) is 1.54. The van der Waals surface area contributed by atoms with Crippen LogP contribution in [0, 0.1) is 0 Å². The van der Waals surface area contributed by atoms with Gasteiger partial charge in [0.1, 0.15) is 6.54 Å². The van der Waals surface area contributed by atoms with Crippen molar-refractivity contribution in [2.24, 2.45) is 12.9 Å². The van der Waals surface area contributed by atoms with Gasteiger partial charge in [-0.1, -0.05) is 0 Å². The first-order valence-electron chi connectivity index (χ1n) is 3.36. The number of nitrogens with two attached hydrogens (primary N) is 1. The fraction of sp³-hybridized carbons (Fsp3) is 0.333. The third-order valence-electron chi connectivity index (χ3n) is 1.49. The predicted octanol–water partition coefficient (Wildman–Crippen LogP) is -1.82. The Balaban J connectivity index is 2.83. The van der Waals surface area contributed by atoms with Crippen molar-refractivity contribution in [3.8, 4) is 0 Å². The Morgan fingerprint density at radius 2 is 2.33 bits per heavy atom. The molecule has 6 nitrogen and oxygen atoms in total. The number of amides is 1. The second kappa shape index (κ2) is 3.22. The number of nitrogens with one attached hydrogen (secondary N) is 1. The standard InChI is InChI=1S/C6H10N4O2/c1-9-2-3-10(6(9)12)4-5(11)8-7/h2-3H,4,7H2,1H3,(H,8,11).